The van der Waals surface area contributed by atoms with E-state index in [9.17, 15) is 10.1 Å². The van der Waals surface area contributed by atoms with Gasteiger partial charge in [0.1, 0.15) is 0 Å². The van der Waals surface area contributed by atoms with E-state index in [1.54, 1.807) is 4.90 Å². The Kier molecular flexibility index (Phi) is 6.21. The van der Waals surface area contributed by atoms with Crippen molar-refractivity contribution in [3.8, 4) is 0 Å². The topological polar surface area (TPSA) is 59.3 Å². The zero-order chi connectivity index (χ0) is 14.4. The standard InChI is InChI=1S/C13H23N3O2S/c1-5-10(6-2)8-7-9-11-12(15(3)4)13(14-19-11)16(17)18/h10H,5-9H2,1-4H3. The van der Waals surface area contributed by atoms with Crippen molar-refractivity contribution in [2.75, 3.05) is 19.0 Å². The molecule has 0 bridgehead atoms. The van der Waals surface area contributed by atoms with Crippen LogP contribution in [-0.4, -0.2) is 23.4 Å². The molecule has 0 aliphatic rings. The van der Waals surface area contributed by atoms with Crippen molar-refractivity contribution in [1.29, 1.82) is 0 Å². The van der Waals surface area contributed by atoms with Gasteiger partial charge in [0.15, 0.2) is 5.69 Å². The summed E-state index contributed by atoms with van der Waals surface area (Å²) in [6, 6.07) is 0. The number of nitrogens with zero attached hydrogens (tertiary/aromatic N) is 3. The van der Waals surface area contributed by atoms with Crippen molar-refractivity contribution in [2.45, 2.75) is 46.0 Å². The van der Waals surface area contributed by atoms with Crippen LogP contribution in [0.25, 0.3) is 0 Å². The first-order valence-corrected chi connectivity index (χ1v) is 7.58. The first-order valence-electron chi connectivity index (χ1n) is 6.81. The van der Waals surface area contributed by atoms with Crippen molar-refractivity contribution in [2.24, 2.45) is 5.92 Å². The van der Waals surface area contributed by atoms with Crippen molar-refractivity contribution in [3.05, 3.63) is 15.0 Å². The molecule has 19 heavy (non-hydrogen) atoms. The number of rotatable bonds is 8. The number of aromatic nitrogens is 1. The highest BCUT2D eigenvalue weighted by molar-refractivity contribution is 7.06. The molecule has 0 radical (unpaired) electrons. The molecule has 0 aliphatic heterocycles. The molecule has 0 unspecified atom stereocenters. The van der Waals surface area contributed by atoms with Crippen molar-refractivity contribution < 1.29 is 4.92 Å². The van der Waals surface area contributed by atoms with Gasteiger partial charge in [-0.25, -0.2) is 0 Å². The van der Waals surface area contributed by atoms with Crippen LogP contribution in [0.4, 0.5) is 11.5 Å². The Morgan fingerprint density at radius 3 is 2.47 bits per heavy atom. The third kappa shape index (κ3) is 4.16. The van der Waals surface area contributed by atoms with Crippen molar-refractivity contribution in [3.63, 3.8) is 0 Å². The minimum absolute atomic E-state index is 0.00691. The van der Waals surface area contributed by atoms with Gasteiger partial charge in [-0.3, -0.25) is 0 Å². The lowest BCUT2D eigenvalue weighted by molar-refractivity contribution is -0.388. The summed E-state index contributed by atoms with van der Waals surface area (Å²) >= 11 is 1.27. The Bertz CT molecular complexity index is 414. The molecule has 6 heteroatoms. The average molecular weight is 285 g/mol. The first kappa shape index (κ1) is 15.9. The molecular formula is C13H23N3O2S. The van der Waals surface area contributed by atoms with Crippen LogP contribution in [0.1, 0.15) is 44.4 Å². The SMILES string of the molecule is CCC(CC)CCCc1snc([N+](=O)[O-])c1N(C)C. The molecule has 108 valence electrons. The molecule has 0 saturated heterocycles. The monoisotopic (exact) mass is 285 g/mol. The predicted octanol–water partition coefficient (Wildman–Crippen LogP) is 3.88. The molecule has 0 saturated carbocycles. The minimum atomic E-state index is -0.393. The molecule has 1 heterocycles. The van der Waals surface area contributed by atoms with Gasteiger partial charge in [0.05, 0.1) is 16.4 Å². The fraction of sp³-hybridized carbons (Fsp3) is 0.769. The van der Waals surface area contributed by atoms with Crippen LogP contribution in [-0.2, 0) is 6.42 Å². The van der Waals surface area contributed by atoms with Gasteiger partial charge < -0.3 is 15.0 Å². The van der Waals surface area contributed by atoms with Crippen LogP contribution in [0.5, 0.6) is 0 Å². The van der Waals surface area contributed by atoms with Crippen molar-refractivity contribution in [1.82, 2.24) is 4.37 Å². The van der Waals surface area contributed by atoms with Gasteiger partial charge in [-0.1, -0.05) is 33.1 Å². The molecule has 0 spiro atoms. The Morgan fingerprint density at radius 2 is 2.00 bits per heavy atom. The summed E-state index contributed by atoms with van der Waals surface area (Å²) in [5.74, 6) is 0.762. The van der Waals surface area contributed by atoms with Gasteiger partial charge in [-0.15, -0.1) is 0 Å². The van der Waals surface area contributed by atoms with E-state index in [1.165, 1.54) is 30.8 Å². The number of nitro groups is 1. The molecule has 1 rings (SSSR count). The zero-order valence-electron chi connectivity index (χ0n) is 12.2. The van der Waals surface area contributed by atoms with Crippen LogP contribution in [0.2, 0.25) is 0 Å². The minimum Gasteiger partial charge on any atom is -0.370 e. The van der Waals surface area contributed by atoms with Crippen LogP contribution in [0.3, 0.4) is 0 Å². The summed E-state index contributed by atoms with van der Waals surface area (Å²) in [7, 11) is 3.67. The van der Waals surface area contributed by atoms with E-state index >= 15 is 0 Å². The van der Waals surface area contributed by atoms with E-state index in [4.69, 9.17) is 0 Å². The van der Waals surface area contributed by atoms with Gasteiger partial charge in [-0.05, 0) is 23.7 Å². The third-order valence-corrected chi connectivity index (χ3v) is 4.39. The summed E-state index contributed by atoms with van der Waals surface area (Å²) in [6.45, 7) is 4.44. The quantitative estimate of drug-likeness (QED) is 0.537. The highest BCUT2D eigenvalue weighted by atomic mass is 32.1. The van der Waals surface area contributed by atoms with Gasteiger partial charge in [0.25, 0.3) is 0 Å². The summed E-state index contributed by atoms with van der Waals surface area (Å²) in [5, 5.41) is 10.9. The molecule has 5 nitrogen and oxygen atoms in total. The smallest absolute Gasteiger partial charge is 0.370 e. The average Bonchev–Trinajstić information content (AvgIpc) is 2.78. The summed E-state index contributed by atoms with van der Waals surface area (Å²) in [6.07, 6.45) is 5.56. The first-order chi connectivity index (χ1) is 9.01. The van der Waals surface area contributed by atoms with E-state index in [0.717, 1.165) is 23.6 Å². The second-order valence-electron chi connectivity index (χ2n) is 5.00. The maximum absolute atomic E-state index is 10.9. The maximum Gasteiger partial charge on any atom is 0.402 e. The Labute approximate surface area is 118 Å². The molecule has 0 N–H and O–H groups in total. The normalized spacial score (nSPS) is 11.0. The second-order valence-corrected chi connectivity index (χ2v) is 5.86. The number of anilines is 1. The molecule has 0 atom stereocenters. The van der Waals surface area contributed by atoms with Gasteiger partial charge >= 0.3 is 5.82 Å². The number of hydrogen-bond acceptors (Lipinski definition) is 5. The lowest BCUT2D eigenvalue weighted by atomic mass is 9.96. The molecule has 0 amide bonds. The summed E-state index contributed by atoms with van der Waals surface area (Å²) in [4.78, 5) is 13.4. The maximum atomic E-state index is 10.9. The van der Waals surface area contributed by atoms with E-state index in [-0.39, 0.29) is 5.82 Å². The van der Waals surface area contributed by atoms with E-state index in [1.807, 2.05) is 14.1 Å². The highest BCUT2D eigenvalue weighted by Crippen LogP contribution is 2.34. The molecule has 1 aromatic rings. The molecule has 1 aromatic heterocycles. The fourth-order valence-electron chi connectivity index (χ4n) is 2.29. The molecule has 0 aliphatic carbocycles. The van der Waals surface area contributed by atoms with Gasteiger partial charge in [0.2, 0.25) is 0 Å². The molecular weight excluding hydrogens is 262 g/mol. The Balaban J connectivity index is 2.71. The predicted molar refractivity (Wildman–Crippen MR) is 80.1 cm³/mol. The Hall–Kier alpha value is -1.17. The lowest BCUT2D eigenvalue weighted by Gasteiger charge is -2.13. The highest BCUT2D eigenvalue weighted by Gasteiger charge is 2.25. The summed E-state index contributed by atoms with van der Waals surface area (Å²) < 4.78 is 3.98. The van der Waals surface area contributed by atoms with E-state index < -0.39 is 4.92 Å². The summed E-state index contributed by atoms with van der Waals surface area (Å²) in [5.41, 5.74) is 0.680. The van der Waals surface area contributed by atoms with E-state index in [2.05, 4.69) is 18.2 Å². The zero-order valence-corrected chi connectivity index (χ0v) is 13.0. The molecule has 0 aromatic carbocycles. The second kappa shape index (κ2) is 7.43. The van der Waals surface area contributed by atoms with Crippen LogP contribution < -0.4 is 4.90 Å². The lowest BCUT2D eigenvalue weighted by Crippen LogP contribution is -2.12. The Morgan fingerprint density at radius 1 is 1.37 bits per heavy atom. The number of aryl methyl sites for hydroxylation is 1. The fourth-order valence-corrected chi connectivity index (χ4v) is 3.24. The van der Waals surface area contributed by atoms with Gasteiger partial charge in [0, 0.05) is 18.5 Å². The van der Waals surface area contributed by atoms with Crippen LogP contribution in [0, 0.1) is 16.0 Å². The van der Waals surface area contributed by atoms with Gasteiger partial charge in [-0.2, -0.15) is 0 Å². The third-order valence-electron chi connectivity index (χ3n) is 3.51. The van der Waals surface area contributed by atoms with Crippen molar-refractivity contribution >= 4 is 23.0 Å². The number of hydrogen-bond donors (Lipinski definition) is 0. The largest absolute Gasteiger partial charge is 0.402 e. The van der Waals surface area contributed by atoms with Crippen LogP contribution >= 0.6 is 11.5 Å². The van der Waals surface area contributed by atoms with E-state index in [0.29, 0.717) is 5.69 Å². The van der Waals surface area contributed by atoms with Crippen LogP contribution in [0.15, 0.2) is 0 Å². The molecule has 0 fully saturated rings.